The molecule has 0 spiro atoms. The van der Waals surface area contributed by atoms with E-state index in [0.29, 0.717) is 6.54 Å². The van der Waals surface area contributed by atoms with Crippen LogP contribution >= 0.6 is 0 Å². The van der Waals surface area contributed by atoms with Gasteiger partial charge in [0.15, 0.2) is 0 Å². The quantitative estimate of drug-likeness (QED) is 0.349. The summed E-state index contributed by atoms with van der Waals surface area (Å²) >= 11 is 0. The average Bonchev–Trinajstić information content (AvgIpc) is 2.78. The van der Waals surface area contributed by atoms with E-state index in [2.05, 4.69) is 6.58 Å². The lowest BCUT2D eigenvalue weighted by Crippen LogP contribution is -2.31. The predicted octanol–water partition coefficient (Wildman–Crippen LogP) is 1.92. The molecule has 1 heterocycles. The summed E-state index contributed by atoms with van der Waals surface area (Å²) in [6, 6.07) is 6.60. The van der Waals surface area contributed by atoms with Crippen molar-refractivity contribution in [2.75, 3.05) is 0 Å². The number of non-ortho nitro benzene ring substituents is 1. The van der Waals surface area contributed by atoms with E-state index in [9.17, 15) is 10.1 Å². The van der Waals surface area contributed by atoms with Crippen molar-refractivity contribution in [3.8, 4) is 0 Å². The minimum absolute atomic E-state index is 0.118. The fraction of sp³-hybridized carbons (Fsp3) is 0.154. The van der Waals surface area contributed by atoms with Gasteiger partial charge in [-0.15, -0.1) is 0 Å². The number of nitrogens with zero attached hydrogens (tertiary/aromatic N) is 3. The molecule has 0 atom stereocenters. The highest BCUT2D eigenvalue weighted by Gasteiger charge is 2.06. The highest BCUT2D eigenvalue weighted by molar-refractivity contribution is 5.32. The Morgan fingerprint density at radius 1 is 1.39 bits per heavy atom. The second kappa shape index (κ2) is 5.27. The van der Waals surface area contributed by atoms with E-state index in [-0.39, 0.29) is 5.69 Å². The van der Waals surface area contributed by atoms with Crippen molar-refractivity contribution in [2.45, 2.75) is 13.1 Å². The summed E-state index contributed by atoms with van der Waals surface area (Å²) in [6.45, 7) is 5.15. The molecule has 0 N–H and O–H groups in total. The first-order chi connectivity index (χ1) is 8.69. The number of benzene rings is 1. The summed E-state index contributed by atoms with van der Waals surface area (Å²) in [7, 11) is 0. The lowest BCUT2D eigenvalue weighted by Gasteiger charge is -1.97. The largest absolute Gasteiger partial charge is 0.269 e. The van der Waals surface area contributed by atoms with Crippen LogP contribution in [-0.2, 0) is 13.1 Å². The summed E-state index contributed by atoms with van der Waals surface area (Å²) in [6.07, 6.45) is 7.73. The molecule has 0 aliphatic rings. The molecular weight excluding hydrogens is 230 g/mol. The van der Waals surface area contributed by atoms with Gasteiger partial charge in [-0.05, 0) is 17.7 Å². The third kappa shape index (κ3) is 2.82. The maximum Gasteiger partial charge on any atom is 0.269 e. The van der Waals surface area contributed by atoms with Crippen LogP contribution in [0.5, 0.6) is 0 Å². The van der Waals surface area contributed by atoms with Gasteiger partial charge in [-0.2, -0.15) is 0 Å². The molecule has 0 fully saturated rings. The zero-order chi connectivity index (χ0) is 13.0. The molecule has 5 nitrogen and oxygen atoms in total. The lowest BCUT2D eigenvalue weighted by molar-refractivity contribution is -0.687. The van der Waals surface area contributed by atoms with E-state index < -0.39 is 4.92 Å². The topological polar surface area (TPSA) is 52.0 Å². The van der Waals surface area contributed by atoms with E-state index in [1.54, 1.807) is 12.1 Å². The Morgan fingerprint density at radius 2 is 2.11 bits per heavy atom. The third-order valence-electron chi connectivity index (χ3n) is 2.60. The van der Waals surface area contributed by atoms with Crippen molar-refractivity contribution in [1.82, 2.24) is 4.57 Å². The Bertz CT molecular complexity index is 558. The van der Waals surface area contributed by atoms with Gasteiger partial charge in [-0.1, -0.05) is 12.7 Å². The zero-order valence-corrected chi connectivity index (χ0v) is 9.90. The number of rotatable bonds is 5. The lowest BCUT2D eigenvalue weighted by atomic mass is 10.2. The highest BCUT2D eigenvalue weighted by atomic mass is 16.6. The summed E-state index contributed by atoms with van der Waals surface area (Å²) < 4.78 is 4.03. The second-order valence-electron chi connectivity index (χ2n) is 3.99. The predicted molar refractivity (Wildman–Crippen MR) is 67.0 cm³/mol. The van der Waals surface area contributed by atoms with Crippen molar-refractivity contribution >= 4 is 5.69 Å². The summed E-state index contributed by atoms with van der Waals surface area (Å²) in [5.41, 5.74) is 1.15. The van der Waals surface area contributed by atoms with Crippen molar-refractivity contribution in [3.05, 3.63) is 71.3 Å². The van der Waals surface area contributed by atoms with Crippen LogP contribution in [0.4, 0.5) is 5.69 Å². The van der Waals surface area contributed by atoms with Crippen LogP contribution in [0, 0.1) is 10.1 Å². The van der Waals surface area contributed by atoms with Crippen molar-refractivity contribution in [3.63, 3.8) is 0 Å². The number of imidazole rings is 1. The van der Waals surface area contributed by atoms with Crippen LogP contribution in [0.15, 0.2) is 55.6 Å². The van der Waals surface area contributed by atoms with E-state index in [4.69, 9.17) is 0 Å². The summed E-state index contributed by atoms with van der Waals surface area (Å²) in [5.74, 6) is 0. The zero-order valence-electron chi connectivity index (χ0n) is 9.90. The first kappa shape index (κ1) is 12.0. The Hall–Kier alpha value is -2.43. The Kier molecular flexibility index (Phi) is 3.52. The van der Waals surface area contributed by atoms with Gasteiger partial charge in [0.25, 0.3) is 5.69 Å². The molecule has 2 aromatic rings. The maximum atomic E-state index is 10.5. The molecule has 2 rings (SSSR count). The number of nitro benzene ring substituents is 1. The van der Waals surface area contributed by atoms with Gasteiger partial charge in [0, 0.05) is 12.1 Å². The van der Waals surface area contributed by atoms with Crippen molar-refractivity contribution in [2.24, 2.45) is 0 Å². The standard InChI is InChI=1S/C13H14N3O2/c1-2-7-14-8-9-15(11-14)10-12-3-5-13(6-4-12)16(17)18/h2-6,8-9,11H,1,7,10H2/q+1. The Balaban J connectivity index is 2.08. The molecule has 0 unspecified atom stereocenters. The molecule has 0 radical (unpaired) electrons. The van der Waals surface area contributed by atoms with Crippen LogP contribution in [-0.4, -0.2) is 9.49 Å². The maximum absolute atomic E-state index is 10.5. The molecule has 1 aromatic heterocycles. The van der Waals surface area contributed by atoms with Crippen molar-refractivity contribution < 1.29 is 9.49 Å². The molecule has 0 amide bonds. The number of allylic oxidation sites excluding steroid dienone is 1. The minimum atomic E-state index is -0.391. The molecule has 0 saturated carbocycles. The molecular formula is C13H14N3O2+. The van der Waals surface area contributed by atoms with Crippen LogP contribution in [0.25, 0.3) is 0 Å². The fourth-order valence-electron chi connectivity index (χ4n) is 1.72. The molecule has 92 valence electrons. The van der Waals surface area contributed by atoms with E-state index >= 15 is 0 Å². The normalized spacial score (nSPS) is 10.2. The van der Waals surface area contributed by atoms with Gasteiger partial charge in [-0.25, -0.2) is 9.13 Å². The van der Waals surface area contributed by atoms with Gasteiger partial charge in [0.2, 0.25) is 6.33 Å². The molecule has 18 heavy (non-hydrogen) atoms. The van der Waals surface area contributed by atoms with E-state index in [1.165, 1.54) is 12.1 Å². The number of aromatic nitrogens is 2. The first-order valence-corrected chi connectivity index (χ1v) is 5.58. The highest BCUT2D eigenvalue weighted by Crippen LogP contribution is 2.11. The second-order valence-corrected chi connectivity index (χ2v) is 3.99. The Labute approximate surface area is 105 Å². The minimum Gasteiger partial charge on any atom is -0.258 e. The van der Waals surface area contributed by atoms with Crippen LogP contribution in [0.1, 0.15) is 5.56 Å². The number of hydrogen-bond donors (Lipinski definition) is 0. The smallest absolute Gasteiger partial charge is 0.258 e. The monoisotopic (exact) mass is 244 g/mol. The van der Waals surface area contributed by atoms with Gasteiger partial charge in [-0.3, -0.25) is 10.1 Å². The molecule has 0 saturated heterocycles. The van der Waals surface area contributed by atoms with Gasteiger partial charge in [0.05, 0.1) is 4.92 Å². The molecule has 0 aliphatic heterocycles. The van der Waals surface area contributed by atoms with Gasteiger partial charge < -0.3 is 0 Å². The SMILES string of the molecule is C=CCn1cc[n+](Cc2ccc([N+](=O)[O-])cc2)c1. The van der Waals surface area contributed by atoms with Crippen LogP contribution in [0.3, 0.4) is 0 Å². The van der Waals surface area contributed by atoms with Crippen molar-refractivity contribution in [1.29, 1.82) is 0 Å². The summed E-state index contributed by atoms with van der Waals surface area (Å²) in [5, 5.41) is 10.5. The fourth-order valence-corrected chi connectivity index (χ4v) is 1.72. The summed E-state index contributed by atoms with van der Waals surface area (Å²) in [4.78, 5) is 10.1. The molecule has 1 aromatic carbocycles. The molecule has 0 aliphatic carbocycles. The third-order valence-corrected chi connectivity index (χ3v) is 2.60. The van der Waals surface area contributed by atoms with Gasteiger partial charge >= 0.3 is 0 Å². The van der Waals surface area contributed by atoms with Crippen LogP contribution < -0.4 is 4.57 Å². The van der Waals surface area contributed by atoms with E-state index in [1.807, 2.05) is 33.9 Å². The first-order valence-electron chi connectivity index (χ1n) is 5.58. The average molecular weight is 244 g/mol. The molecule has 0 bridgehead atoms. The van der Waals surface area contributed by atoms with Crippen LogP contribution in [0.2, 0.25) is 0 Å². The van der Waals surface area contributed by atoms with E-state index in [0.717, 1.165) is 12.1 Å². The van der Waals surface area contributed by atoms with Gasteiger partial charge in [0.1, 0.15) is 25.5 Å². The Morgan fingerprint density at radius 3 is 2.72 bits per heavy atom. The number of nitro groups is 1. The number of hydrogen-bond acceptors (Lipinski definition) is 2. The molecule has 5 heteroatoms.